The number of aryl methyl sites for hydroxylation is 1. The highest BCUT2D eigenvalue weighted by Gasteiger charge is 2.37. The molecule has 1 saturated carbocycles. The van der Waals surface area contributed by atoms with E-state index in [0.717, 1.165) is 30.5 Å². The number of carbonyl (C=O) groups is 2. The molecule has 1 N–H and O–H groups in total. The molecule has 5 rings (SSSR count). The van der Waals surface area contributed by atoms with Gasteiger partial charge in [-0.1, -0.05) is 18.9 Å². The van der Waals surface area contributed by atoms with Crippen LogP contribution in [0.1, 0.15) is 43.2 Å². The van der Waals surface area contributed by atoms with E-state index in [1.54, 1.807) is 25.1 Å². The van der Waals surface area contributed by atoms with Gasteiger partial charge in [0, 0.05) is 17.3 Å². The number of nitrogens with one attached hydrogen (secondary N) is 1. The van der Waals surface area contributed by atoms with Gasteiger partial charge in [-0.2, -0.15) is 4.80 Å². The van der Waals surface area contributed by atoms with Crippen LogP contribution < -0.4 is 10.2 Å². The fourth-order valence-electron chi connectivity index (χ4n) is 4.61. The molecule has 2 amide bonds. The molecule has 0 saturated heterocycles. The van der Waals surface area contributed by atoms with E-state index in [4.69, 9.17) is 4.42 Å². The second-order valence-corrected chi connectivity index (χ2v) is 9.23. The van der Waals surface area contributed by atoms with Gasteiger partial charge in [-0.15, -0.1) is 10.2 Å². The van der Waals surface area contributed by atoms with Crippen molar-refractivity contribution in [1.82, 2.24) is 25.5 Å². The van der Waals surface area contributed by atoms with Crippen LogP contribution in [0.2, 0.25) is 0 Å². The van der Waals surface area contributed by atoms with Gasteiger partial charge in [0.25, 0.3) is 11.8 Å². The molecule has 0 bridgehead atoms. The van der Waals surface area contributed by atoms with Crippen molar-refractivity contribution in [3.63, 3.8) is 0 Å². The zero-order valence-corrected chi connectivity index (χ0v) is 20.7. The van der Waals surface area contributed by atoms with Crippen molar-refractivity contribution in [3.05, 3.63) is 83.8 Å². The zero-order chi connectivity index (χ0) is 26.6. The Labute approximate surface area is 217 Å². The van der Waals surface area contributed by atoms with Crippen molar-refractivity contribution in [1.29, 1.82) is 0 Å². The molecule has 0 aliphatic heterocycles. The van der Waals surface area contributed by atoms with Crippen molar-refractivity contribution in [2.24, 2.45) is 0 Å². The number of anilines is 1. The number of carbonyl (C=O) groups excluding carboxylic acids is 2. The summed E-state index contributed by atoms with van der Waals surface area (Å²) in [6.45, 7) is 1.34. The van der Waals surface area contributed by atoms with Gasteiger partial charge in [-0.05, 0) is 79.6 Å². The van der Waals surface area contributed by atoms with Crippen LogP contribution in [0.25, 0.3) is 11.4 Å². The van der Waals surface area contributed by atoms with Gasteiger partial charge >= 0.3 is 0 Å². The number of hydrogen-bond donors (Lipinski definition) is 1. The quantitative estimate of drug-likeness (QED) is 0.370. The Morgan fingerprint density at radius 2 is 1.84 bits per heavy atom. The number of tetrazole rings is 1. The largest absolute Gasteiger partial charge is 0.464 e. The first-order valence-electron chi connectivity index (χ1n) is 12.4. The van der Waals surface area contributed by atoms with Gasteiger partial charge < -0.3 is 9.73 Å². The maximum absolute atomic E-state index is 14.3. The Bertz CT molecular complexity index is 1430. The summed E-state index contributed by atoms with van der Waals surface area (Å²) in [6.07, 6.45) is 3.71. The number of benzene rings is 2. The molecule has 1 atom stereocenters. The van der Waals surface area contributed by atoms with Gasteiger partial charge in [-0.3, -0.25) is 14.5 Å². The minimum Gasteiger partial charge on any atom is -0.464 e. The third-order valence-electron chi connectivity index (χ3n) is 6.43. The van der Waals surface area contributed by atoms with Gasteiger partial charge in [0.1, 0.15) is 29.7 Å². The van der Waals surface area contributed by atoms with Crippen LogP contribution in [0, 0.1) is 18.6 Å². The van der Waals surface area contributed by atoms with Crippen molar-refractivity contribution < 1.29 is 22.8 Å². The number of rotatable bonds is 8. The molecule has 2 aromatic heterocycles. The maximum atomic E-state index is 14.3. The third-order valence-corrected chi connectivity index (χ3v) is 6.43. The molecule has 1 aliphatic carbocycles. The topological polar surface area (TPSA) is 106 Å². The van der Waals surface area contributed by atoms with Gasteiger partial charge in [-0.25, -0.2) is 8.78 Å². The molecule has 38 heavy (non-hydrogen) atoms. The number of halogens is 2. The van der Waals surface area contributed by atoms with Crippen molar-refractivity contribution in [2.45, 2.75) is 51.2 Å². The normalized spacial score (nSPS) is 14.4. The van der Waals surface area contributed by atoms with E-state index in [0.29, 0.717) is 11.3 Å². The molecule has 9 nitrogen and oxygen atoms in total. The number of hydrogen-bond acceptors (Lipinski definition) is 6. The molecule has 11 heteroatoms. The SMILES string of the molecule is Cc1ccc(C(C(=O)NC2CCCC2)N(C(=O)Cn2nnc(-c3ccc(F)cc3)n2)c2cccc(F)c2)o1. The summed E-state index contributed by atoms with van der Waals surface area (Å²) in [6, 6.07) is 13.1. The number of amides is 2. The summed E-state index contributed by atoms with van der Waals surface area (Å²) in [5.74, 6) is -0.976. The Hall–Kier alpha value is -4.41. The number of nitrogens with zero attached hydrogens (tertiary/aromatic N) is 5. The Morgan fingerprint density at radius 3 is 2.53 bits per heavy atom. The lowest BCUT2D eigenvalue weighted by atomic mass is 10.1. The molecule has 196 valence electrons. The first-order chi connectivity index (χ1) is 18.4. The lowest BCUT2D eigenvalue weighted by Gasteiger charge is -2.30. The molecule has 2 aromatic carbocycles. The maximum Gasteiger partial charge on any atom is 0.251 e. The second-order valence-electron chi connectivity index (χ2n) is 9.23. The van der Waals surface area contributed by atoms with Crippen LogP contribution in [0.5, 0.6) is 0 Å². The fraction of sp³-hybridized carbons (Fsp3) is 0.296. The molecule has 0 radical (unpaired) electrons. The molecule has 4 aromatic rings. The van der Waals surface area contributed by atoms with Crippen molar-refractivity contribution in [2.75, 3.05) is 4.90 Å². The van der Waals surface area contributed by atoms with E-state index in [1.165, 1.54) is 47.4 Å². The Kier molecular flexibility index (Phi) is 7.25. The molecule has 0 spiro atoms. The molecule has 1 aliphatic rings. The van der Waals surface area contributed by atoms with Crippen molar-refractivity contribution in [3.8, 4) is 11.4 Å². The standard InChI is InChI=1S/C27H26F2N6O3/c1-17-9-14-23(38-17)25(27(37)30-21-6-2-3-7-21)35(22-8-4-5-20(29)15-22)24(36)16-34-32-26(31-33-34)18-10-12-19(28)13-11-18/h4-5,8-15,21,25H,2-3,6-7,16H2,1H3,(H,30,37). The smallest absolute Gasteiger partial charge is 0.251 e. The highest BCUT2D eigenvalue weighted by molar-refractivity contribution is 6.01. The summed E-state index contributed by atoms with van der Waals surface area (Å²) in [7, 11) is 0. The Balaban J connectivity index is 1.49. The monoisotopic (exact) mass is 520 g/mol. The van der Waals surface area contributed by atoms with Gasteiger partial charge in [0.2, 0.25) is 5.82 Å². The summed E-state index contributed by atoms with van der Waals surface area (Å²) < 4.78 is 33.4. The Morgan fingerprint density at radius 1 is 1.08 bits per heavy atom. The molecular formula is C27H26F2N6O3. The summed E-state index contributed by atoms with van der Waals surface area (Å²) in [4.78, 5) is 29.7. The number of furan rings is 1. The van der Waals surface area contributed by atoms with E-state index in [2.05, 4.69) is 20.7 Å². The molecule has 1 fully saturated rings. The van der Waals surface area contributed by atoms with Crippen LogP contribution in [0.3, 0.4) is 0 Å². The molecule has 2 heterocycles. The first kappa shape index (κ1) is 25.2. The van der Waals surface area contributed by atoms with Crippen molar-refractivity contribution >= 4 is 17.5 Å². The van der Waals surface area contributed by atoms with E-state index in [9.17, 15) is 18.4 Å². The molecular weight excluding hydrogens is 494 g/mol. The summed E-state index contributed by atoms with van der Waals surface area (Å²) in [5, 5.41) is 15.2. The average molecular weight is 521 g/mol. The fourth-order valence-corrected chi connectivity index (χ4v) is 4.61. The van der Waals surface area contributed by atoms with E-state index >= 15 is 0 Å². The zero-order valence-electron chi connectivity index (χ0n) is 20.7. The van der Waals surface area contributed by atoms with E-state index in [-0.39, 0.29) is 23.3 Å². The highest BCUT2D eigenvalue weighted by atomic mass is 19.1. The summed E-state index contributed by atoms with van der Waals surface area (Å²) >= 11 is 0. The van der Waals surface area contributed by atoms with E-state index < -0.39 is 36.0 Å². The summed E-state index contributed by atoms with van der Waals surface area (Å²) in [5.41, 5.74) is 0.696. The van der Waals surface area contributed by atoms with Crippen LogP contribution in [0.4, 0.5) is 14.5 Å². The lowest BCUT2D eigenvalue weighted by Crippen LogP contribution is -2.47. The van der Waals surface area contributed by atoms with Crippen LogP contribution >= 0.6 is 0 Å². The van der Waals surface area contributed by atoms with Crippen LogP contribution in [0.15, 0.2) is 65.1 Å². The number of aromatic nitrogens is 4. The molecule has 1 unspecified atom stereocenters. The predicted molar refractivity (Wildman–Crippen MR) is 134 cm³/mol. The minimum atomic E-state index is -1.20. The second kappa shape index (κ2) is 10.9. The van der Waals surface area contributed by atoms with Crippen LogP contribution in [-0.2, 0) is 16.1 Å². The highest BCUT2D eigenvalue weighted by Crippen LogP contribution is 2.31. The predicted octanol–water partition coefficient (Wildman–Crippen LogP) is 4.35. The first-order valence-corrected chi connectivity index (χ1v) is 12.4. The minimum absolute atomic E-state index is 0.0132. The van der Waals surface area contributed by atoms with Crippen LogP contribution in [-0.4, -0.2) is 38.1 Å². The lowest BCUT2D eigenvalue weighted by molar-refractivity contribution is -0.128. The average Bonchev–Trinajstić information content (AvgIpc) is 3.66. The van der Waals surface area contributed by atoms with Gasteiger partial charge in [0.15, 0.2) is 6.04 Å². The van der Waals surface area contributed by atoms with Gasteiger partial charge in [0.05, 0.1) is 0 Å². The van der Waals surface area contributed by atoms with E-state index in [1.807, 2.05) is 0 Å². The third kappa shape index (κ3) is 5.61.